The number of hydrogen-bond donors (Lipinski definition) is 2. The molecule has 0 radical (unpaired) electrons. The van der Waals surface area contributed by atoms with Gasteiger partial charge < -0.3 is 15.3 Å². The summed E-state index contributed by atoms with van der Waals surface area (Å²) in [5, 5.41) is 14.9. The van der Waals surface area contributed by atoms with Crippen LogP contribution in [-0.2, 0) is 20.8 Å². The summed E-state index contributed by atoms with van der Waals surface area (Å²) in [7, 11) is 0. The molecule has 166 valence electrons. The van der Waals surface area contributed by atoms with Crippen LogP contribution >= 0.6 is 22.9 Å². The molecular formula is C22H26ClN3O4S. The smallest absolute Gasteiger partial charge is 0.328 e. The van der Waals surface area contributed by atoms with Crippen LogP contribution in [0.15, 0.2) is 23.6 Å². The lowest BCUT2D eigenvalue weighted by molar-refractivity contribution is -0.145. The standard InChI is InChI=1S/C22H26ClN3O4S/c1-13(27)26-8-6-14(7-9-26)18-10-15(23)4-5-17(18)20-24-16(12-31-20)11-19(28)25-22(2,3)21(29)30/h4-5,10,12,14H,6-9,11H2,1-3H3,(H,25,28)(H,29,30). The molecular weight excluding hydrogens is 438 g/mol. The number of halogens is 1. The van der Waals surface area contributed by atoms with Crippen molar-refractivity contribution in [2.45, 2.75) is 51.5 Å². The van der Waals surface area contributed by atoms with E-state index in [4.69, 9.17) is 11.6 Å². The van der Waals surface area contributed by atoms with Crippen LogP contribution in [0.2, 0.25) is 5.02 Å². The highest BCUT2D eigenvalue weighted by atomic mass is 35.5. The molecule has 1 aliphatic rings. The number of piperidine rings is 1. The molecule has 2 heterocycles. The number of benzene rings is 1. The van der Waals surface area contributed by atoms with Gasteiger partial charge in [0.15, 0.2) is 0 Å². The molecule has 3 rings (SSSR count). The van der Waals surface area contributed by atoms with Gasteiger partial charge in [-0.15, -0.1) is 11.3 Å². The van der Waals surface area contributed by atoms with Gasteiger partial charge in [-0.25, -0.2) is 9.78 Å². The highest BCUT2D eigenvalue weighted by Gasteiger charge is 2.29. The fourth-order valence-corrected chi connectivity index (χ4v) is 4.74. The van der Waals surface area contributed by atoms with Gasteiger partial charge in [0.1, 0.15) is 10.5 Å². The summed E-state index contributed by atoms with van der Waals surface area (Å²) in [5.74, 6) is -1.12. The zero-order valence-electron chi connectivity index (χ0n) is 17.8. The van der Waals surface area contributed by atoms with Crippen LogP contribution in [-0.4, -0.2) is 51.4 Å². The van der Waals surface area contributed by atoms with Crippen molar-refractivity contribution in [3.8, 4) is 10.6 Å². The van der Waals surface area contributed by atoms with E-state index in [1.165, 1.54) is 25.2 Å². The summed E-state index contributed by atoms with van der Waals surface area (Å²) in [6.45, 7) is 5.91. The minimum absolute atomic E-state index is 0.00708. The zero-order valence-corrected chi connectivity index (χ0v) is 19.3. The number of amides is 2. The van der Waals surface area contributed by atoms with Gasteiger partial charge in [0.2, 0.25) is 11.8 Å². The molecule has 1 aromatic heterocycles. The van der Waals surface area contributed by atoms with E-state index in [-0.39, 0.29) is 18.2 Å². The van der Waals surface area contributed by atoms with Crippen LogP contribution in [0, 0.1) is 0 Å². The molecule has 2 N–H and O–H groups in total. The monoisotopic (exact) mass is 463 g/mol. The van der Waals surface area contributed by atoms with Crippen molar-refractivity contribution in [1.82, 2.24) is 15.2 Å². The van der Waals surface area contributed by atoms with Crippen LogP contribution in [0.5, 0.6) is 0 Å². The van der Waals surface area contributed by atoms with Gasteiger partial charge >= 0.3 is 5.97 Å². The van der Waals surface area contributed by atoms with Crippen LogP contribution in [0.1, 0.15) is 50.8 Å². The molecule has 0 spiro atoms. The lowest BCUT2D eigenvalue weighted by atomic mass is 9.86. The second-order valence-electron chi connectivity index (χ2n) is 8.31. The third-order valence-electron chi connectivity index (χ3n) is 5.50. The average Bonchev–Trinajstić information content (AvgIpc) is 3.15. The van der Waals surface area contributed by atoms with Crippen molar-refractivity contribution in [1.29, 1.82) is 0 Å². The maximum Gasteiger partial charge on any atom is 0.328 e. The summed E-state index contributed by atoms with van der Waals surface area (Å²) < 4.78 is 0. The molecule has 9 heteroatoms. The second-order valence-corrected chi connectivity index (χ2v) is 9.61. The molecule has 7 nitrogen and oxygen atoms in total. The molecule has 1 aromatic carbocycles. The van der Waals surface area contributed by atoms with Crippen LogP contribution in [0.4, 0.5) is 0 Å². The number of nitrogens with zero attached hydrogens (tertiary/aromatic N) is 2. The number of carboxylic acids is 1. The van der Waals surface area contributed by atoms with Crippen molar-refractivity contribution in [3.05, 3.63) is 39.9 Å². The minimum atomic E-state index is -1.34. The van der Waals surface area contributed by atoms with Crippen LogP contribution in [0.3, 0.4) is 0 Å². The summed E-state index contributed by atoms with van der Waals surface area (Å²) in [6.07, 6.45) is 1.72. The van der Waals surface area contributed by atoms with E-state index in [0.29, 0.717) is 23.8 Å². The van der Waals surface area contributed by atoms with E-state index < -0.39 is 17.4 Å². The minimum Gasteiger partial charge on any atom is -0.480 e. The molecule has 31 heavy (non-hydrogen) atoms. The van der Waals surface area contributed by atoms with E-state index in [0.717, 1.165) is 29.0 Å². The normalized spacial score (nSPS) is 15.0. The number of likely N-dealkylation sites (tertiary alicyclic amines) is 1. The molecule has 1 fully saturated rings. The highest BCUT2D eigenvalue weighted by molar-refractivity contribution is 7.13. The Kier molecular flexibility index (Phi) is 7.01. The number of carboxylic acid groups (broad SMARTS) is 1. The molecule has 0 aliphatic carbocycles. The Balaban J connectivity index is 1.77. The maximum atomic E-state index is 12.3. The number of hydrogen-bond acceptors (Lipinski definition) is 5. The number of carbonyl (C=O) groups excluding carboxylic acids is 2. The average molecular weight is 464 g/mol. The number of nitrogens with one attached hydrogen (secondary N) is 1. The molecule has 0 unspecified atom stereocenters. The fraction of sp³-hybridized carbons (Fsp3) is 0.455. The van der Waals surface area contributed by atoms with Crippen molar-refractivity contribution in [2.75, 3.05) is 13.1 Å². The van der Waals surface area contributed by atoms with Gasteiger partial charge in [-0.3, -0.25) is 9.59 Å². The van der Waals surface area contributed by atoms with E-state index in [1.807, 2.05) is 28.5 Å². The van der Waals surface area contributed by atoms with E-state index in [2.05, 4.69) is 10.3 Å². The zero-order chi connectivity index (χ0) is 22.8. The third-order valence-corrected chi connectivity index (χ3v) is 6.66. The second kappa shape index (κ2) is 9.36. The third kappa shape index (κ3) is 5.62. The fourth-order valence-electron chi connectivity index (χ4n) is 3.69. The molecule has 0 saturated carbocycles. The predicted octanol–water partition coefficient (Wildman–Crippen LogP) is 3.71. The van der Waals surface area contributed by atoms with Gasteiger partial charge in [0, 0.05) is 36.0 Å². The largest absolute Gasteiger partial charge is 0.480 e. The van der Waals surface area contributed by atoms with Gasteiger partial charge in [-0.05, 0) is 50.3 Å². The number of carbonyl (C=O) groups is 3. The summed E-state index contributed by atoms with van der Waals surface area (Å²) in [4.78, 5) is 41.6. The Morgan fingerprint density at radius 1 is 1.29 bits per heavy atom. The Hall–Kier alpha value is -2.45. The van der Waals surface area contributed by atoms with E-state index >= 15 is 0 Å². The van der Waals surface area contributed by atoms with Gasteiger partial charge in [-0.1, -0.05) is 17.7 Å². The van der Waals surface area contributed by atoms with E-state index in [9.17, 15) is 19.5 Å². The summed E-state index contributed by atoms with van der Waals surface area (Å²) >= 11 is 7.72. The molecule has 2 amide bonds. The topological polar surface area (TPSA) is 99.6 Å². The van der Waals surface area contributed by atoms with Crippen molar-refractivity contribution >= 4 is 40.7 Å². The predicted molar refractivity (Wildman–Crippen MR) is 120 cm³/mol. The molecule has 1 saturated heterocycles. The van der Waals surface area contributed by atoms with Crippen LogP contribution in [0.25, 0.3) is 10.6 Å². The van der Waals surface area contributed by atoms with Crippen molar-refractivity contribution in [3.63, 3.8) is 0 Å². The summed E-state index contributed by atoms with van der Waals surface area (Å²) in [5.41, 5.74) is 1.33. The lowest BCUT2D eigenvalue weighted by Gasteiger charge is -2.32. The first-order chi connectivity index (χ1) is 14.6. The molecule has 1 aliphatic heterocycles. The van der Waals surface area contributed by atoms with Gasteiger partial charge in [-0.2, -0.15) is 0 Å². The number of thiazole rings is 1. The SMILES string of the molecule is CC(=O)N1CCC(c2cc(Cl)ccc2-c2nc(CC(=O)NC(C)(C)C(=O)O)cs2)CC1. The van der Waals surface area contributed by atoms with Gasteiger partial charge in [0.05, 0.1) is 12.1 Å². The lowest BCUT2D eigenvalue weighted by Crippen LogP contribution is -2.50. The maximum absolute atomic E-state index is 12.3. The first-order valence-corrected chi connectivity index (χ1v) is 11.4. The number of aliphatic carboxylic acids is 1. The van der Waals surface area contributed by atoms with Crippen LogP contribution < -0.4 is 5.32 Å². The molecule has 0 atom stereocenters. The van der Waals surface area contributed by atoms with E-state index in [1.54, 1.807) is 6.92 Å². The molecule has 0 bridgehead atoms. The Morgan fingerprint density at radius 3 is 2.58 bits per heavy atom. The Labute approximate surface area is 190 Å². The quantitative estimate of drug-likeness (QED) is 0.680. The number of aromatic nitrogens is 1. The highest BCUT2D eigenvalue weighted by Crippen LogP contribution is 2.38. The van der Waals surface area contributed by atoms with Gasteiger partial charge in [0.25, 0.3) is 0 Å². The van der Waals surface area contributed by atoms with Crippen molar-refractivity contribution < 1.29 is 19.5 Å². The molecule has 2 aromatic rings. The summed E-state index contributed by atoms with van der Waals surface area (Å²) in [6, 6.07) is 5.74. The first kappa shape index (κ1) is 23.2. The van der Waals surface area contributed by atoms with Crippen molar-refractivity contribution in [2.24, 2.45) is 0 Å². The Bertz CT molecular complexity index is 996. The first-order valence-electron chi connectivity index (χ1n) is 10.1. The Morgan fingerprint density at radius 2 is 1.97 bits per heavy atom. The number of rotatable bonds is 6.